The van der Waals surface area contributed by atoms with Crippen LogP contribution in [0.5, 0.6) is 0 Å². The zero-order valence-electron chi connectivity index (χ0n) is 11.0. The molecule has 22 heavy (non-hydrogen) atoms. The summed E-state index contributed by atoms with van der Waals surface area (Å²) in [6, 6.07) is -0.830. The van der Waals surface area contributed by atoms with Gasteiger partial charge in [-0.25, -0.2) is 0 Å². The first kappa shape index (κ1) is 19.3. The highest BCUT2D eigenvalue weighted by atomic mass is 19.4. The third-order valence-corrected chi connectivity index (χ3v) is 3.77. The molecule has 1 aliphatic rings. The van der Waals surface area contributed by atoms with E-state index in [1.807, 2.05) is 5.32 Å². The summed E-state index contributed by atoms with van der Waals surface area (Å²) >= 11 is 0. The van der Waals surface area contributed by atoms with Crippen molar-refractivity contribution in [2.45, 2.75) is 55.9 Å². The second kappa shape index (κ2) is 6.06. The van der Waals surface area contributed by atoms with E-state index >= 15 is 0 Å². The van der Waals surface area contributed by atoms with Crippen LogP contribution in [0, 0.1) is 5.92 Å². The fraction of sp³-hybridized carbons (Fsp3) is 1.00. The number of rotatable bonds is 3. The van der Waals surface area contributed by atoms with Crippen LogP contribution in [-0.4, -0.2) is 41.8 Å². The number of nitrogens with one attached hydrogen (secondary N) is 1. The van der Waals surface area contributed by atoms with Crippen molar-refractivity contribution in [2.24, 2.45) is 5.92 Å². The van der Waals surface area contributed by atoms with Gasteiger partial charge in [-0.05, 0) is 25.7 Å². The van der Waals surface area contributed by atoms with E-state index in [0.717, 1.165) is 0 Å². The lowest BCUT2D eigenvalue weighted by Gasteiger charge is -2.42. The summed E-state index contributed by atoms with van der Waals surface area (Å²) in [5.41, 5.74) is -4.84. The maximum atomic E-state index is 12.7. The Kier molecular flexibility index (Phi) is 5.33. The van der Waals surface area contributed by atoms with Gasteiger partial charge in [0.25, 0.3) is 5.60 Å². The van der Waals surface area contributed by atoms with Crippen molar-refractivity contribution in [3.05, 3.63) is 0 Å². The Hall–Kier alpha value is -0.710. The molecule has 0 radical (unpaired) electrons. The Bertz CT molecular complexity index is 351. The van der Waals surface area contributed by atoms with Crippen LogP contribution >= 0.6 is 0 Å². The molecule has 0 spiro atoms. The van der Waals surface area contributed by atoms with Gasteiger partial charge >= 0.3 is 18.5 Å². The van der Waals surface area contributed by atoms with Gasteiger partial charge in [-0.15, -0.1) is 0 Å². The largest absolute Gasteiger partial charge is 0.426 e. The van der Waals surface area contributed by atoms with Gasteiger partial charge in [0.15, 0.2) is 0 Å². The van der Waals surface area contributed by atoms with Crippen LogP contribution in [-0.2, 0) is 0 Å². The maximum absolute atomic E-state index is 12.7. The average molecular weight is 347 g/mol. The third kappa shape index (κ3) is 4.18. The van der Waals surface area contributed by atoms with Gasteiger partial charge < -0.3 is 10.4 Å². The Morgan fingerprint density at radius 1 is 0.773 bits per heavy atom. The van der Waals surface area contributed by atoms with Crippen molar-refractivity contribution in [1.82, 2.24) is 5.32 Å². The standard InChI is InChI=1S/C11H14F9NO/c12-8(13,14)5-21-7-3-1-6(2-4-7)9(22,10(15,16)17)11(18,19)20/h6-7,21-22H,1-5H2. The molecule has 1 saturated carbocycles. The molecule has 0 bridgehead atoms. The van der Waals surface area contributed by atoms with Crippen molar-refractivity contribution in [2.75, 3.05) is 6.54 Å². The summed E-state index contributed by atoms with van der Waals surface area (Å²) in [5, 5.41) is 11.2. The Morgan fingerprint density at radius 2 is 1.18 bits per heavy atom. The summed E-state index contributed by atoms with van der Waals surface area (Å²) < 4.78 is 112. The van der Waals surface area contributed by atoms with Gasteiger partial charge in [-0.2, -0.15) is 39.5 Å². The van der Waals surface area contributed by atoms with Crippen molar-refractivity contribution >= 4 is 0 Å². The van der Waals surface area contributed by atoms with Gasteiger partial charge in [-0.1, -0.05) is 0 Å². The lowest BCUT2D eigenvalue weighted by atomic mass is 9.74. The van der Waals surface area contributed by atoms with Gasteiger partial charge in [0, 0.05) is 12.0 Å². The number of hydrogen-bond acceptors (Lipinski definition) is 2. The first-order chi connectivity index (χ1) is 9.68. The highest BCUT2D eigenvalue weighted by Crippen LogP contribution is 2.51. The zero-order chi connectivity index (χ0) is 17.4. The van der Waals surface area contributed by atoms with E-state index < -0.39 is 55.5 Å². The number of aliphatic hydroxyl groups is 1. The van der Waals surface area contributed by atoms with Crippen molar-refractivity contribution in [3.63, 3.8) is 0 Å². The summed E-state index contributed by atoms with van der Waals surface area (Å²) in [6.45, 7) is -1.37. The molecular weight excluding hydrogens is 333 g/mol. The molecule has 0 aromatic rings. The van der Waals surface area contributed by atoms with Crippen LogP contribution in [0.2, 0.25) is 0 Å². The summed E-state index contributed by atoms with van der Waals surface area (Å²) in [6.07, 6.45) is -18.3. The van der Waals surface area contributed by atoms with E-state index in [2.05, 4.69) is 0 Å². The minimum atomic E-state index is -5.90. The van der Waals surface area contributed by atoms with Crippen LogP contribution in [0.3, 0.4) is 0 Å². The van der Waals surface area contributed by atoms with E-state index in [4.69, 9.17) is 0 Å². The topological polar surface area (TPSA) is 32.3 Å². The molecule has 0 aliphatic heterocycles. The molecule has 1 aliphatic carbocycles. The molecule has 0 heterocycles. The summed E-state index contributed by atoms with van der Waals surface area (Å²) in [7, 11) is 0. The molecule has 11 heteroatoms. The van der Waals surface area contributed by atoms with Crippen LogP contribution in [0.1, 0.15) is 25.7 Å². The average Bonchev–Trinajstić information content (AvgIpc) is 2.32. The lowest BCUT2D eigenvalue weighted by molar-refractivity contribution is -0.387. The monoisotopic (exact) mass is 347 g/mol. The van der Waals surface area contributed by atoms with Crippen LogP contribution in [0.4, 0.5) is 39.5 Å². The molecule has 0 amide bonds. The number of hydrogen-bond donors (Lipinski definition) is 2. The molecule has 0 atom stereocenters. The molecule has 0 aromatic carbocycles. The third-order valence-electron chi connectivity index (χ3n) is 3.77. The van der Waals surface area contributed by atoms with Gasteiger partial charge in [0.05, 0.1) is 6.54 Å². The fourth-order valence-corrected chi connectivity index (χ4v) is 2.60. The van der Waals surface area contributed by atoms with E-state index in [0.29, 0.717) is 0 Å². The first-order valence-electron chi connectivity index (χ1n) is 6.34. The predicted molar refractivity (Wildman–Crippen MR) is 56.9 cm³/mol. The zero-order valence-corrected chi connectivity index (χ0v) is 11.0. The minimum absolute atomic E-state index is 0.310. The molecule has 0 unspecified atom stereocenters. The second-order valence-corrected chi connectivity index (χ2v) is 5.31. The molecule has 0 saturated heterocycles. The van der Waals surface area contributed by atoms with Crippen LogP contribution in [0.25, 0.3) is 0 Å². The Morgan fingerprint density at radius 3 is 1.50 bits per heavy atom. The van der Waals surface area contributed by atoms with Gasteiger partial charge in [0.2, 0.25) is 0 Å². The lowest BCUT2D eigenvalue weighted by Crippen LogP contribution is -2.62. The number of alkyl halides is 9. The SMILES string of the molecule is OC(C1CCC(NCC(F)(F)F)CC1)(C(F)(F)F)C(F)(F)F. The van der Waals surface area contributed by atoms with Crippen LogP contribution in [0.15, 0.2) is 0 Å². The quantitative estimate of drug-likeness (QED) is 0.766. The molecule has 2 N–H and O–H groups in total. The molecule has 1 fully saturated rings. The highest BCUT2D eigenvalue weighted by molar-refractivity contribution is 5.01. The van der Waals surface area contributed by atoms with E-state index in [1.165, 1.54) is 0 Å². The maximum Gasteiger partial charge on any atom is 0.426 e. The fourth-order valence-electron chi connectivity index (χ4n) is 2.60. The first-order valence-corrected chi connectivity index (χ1v) is 6.34. The molecule has 2 nitrogen and oxygen atoms in total. The molecule has 1 rings (SSSR count). The van der Waals surface area contributed by atoms with E-state index in [9.17, 15) is 44.6 Å². The van der Waals surface area contributed by atoms with Crippen LogP contribution < -0.4 is 5.32 Å². The summed E-state index contributed by atoms with van der Waals surface area (Å²) in [5.74, 6) is -2.13. The van der Waals surface area contributed by atoms with Crippen molar-refractivity contribution in [3.8, 4) is 0 Å². The predicted octanol–water partition coefficient (Wildman–Crippen LogP) is 3.55. The number of halogens is 9. The highest BCUT2D eigenvalue weighted by Gasteiger charge is 2.73. The van der Waals surface area contributed by atoms with Gasteiger partial charge in [-0.3, -0.25) is 0 Å². The molecule has 132 valence electrons. The molecule has 0 aromatic heterocycles. The van der Waals surface area contributed by atoms with Crippen molar-refractivity contribution < 1.29 is 44.6 Å². The Labute approximate surface area is 119 Å². The van der Waals surface area contributed by atoms with Gasteiger partial charge in [0.1, 0.15) is 0 Å². The van der Waals surface area contributed by atoms with E-state index in [1.54, 1.807) is 0 Å². The summed E-state index contributed by atoms with van der Waals surface area (Å²) in [4.78, 5) is 0. The Balaban J connectivity index is 2.73. The molecular formula is C11H14F9NO. The van der Waals surface area contributed by atoms with E-state index in [-0.39, 0.29) is 12.8 Å². The van der Waals surface area contributed by atoms with Crippen molar-refractivity contribution in [1.29, 1.82) is 0 Å². The normalized spacial score (nSPS) is 25.4. The smallest absolute Gasteiger partial charge is 0.373 e. The second-order valence-electron chi connectivity index (χ2n) is 5.31. The minimum Gasteiger partial charge on any atom is -0.373 e.